The molecule has 0 spiro atoms. The minimum Gasteiger partial charge on any atom is -0.271 e. The van der Waals surface area contributed by atoms with Gasteiger partial charge in [-0.25, -0.2) is 4.79 Å². The van der Waals surface area contributed by atoms with Gasteiger partial charge in [0.2, 0.25) is 0 Å². The quantitative estimate of drug-likeness (QED) is 0.570. The molecule has 3 amide bonds. The highest BCUT2D eigenvalue weighted by Crippen LogP contribution is 2.02. The SMILES string of the molecule is CC(C)C1=NC(=O)NC1=O. The van der Waals surface area contributed by atoms with E-state index in [-0.39, 0.29) is 11.8 Å². The van der Waals surface area contributed by atoms with Gasteiger partial charge >= 0.3 is 6.03 Å². The van der Waals surface area contributed by atoms with Gasteiger partial charge in [0.05, 0.1) is 0 Å². The van der Waals surface area contributed by atoms with Gasteiger partial charge in [-0.05, 0) is 0 Å². The van der Waals surface area contributed by atoms with Crippen molar-refractivity contribution in [3.8, 4) is 0 Å². The molecule has 0 aliphatic carbocycles. The van der Waals surface area contributed by atoms with E-state index in [2.05, 4.69) is 10.3 Å². The molecule has 0 atom stereocenters. The van der Waals surface area contributed by atoms with Crippen LogP contribution in [0.1, 0.15) is 13.8 Å². The summed E-state index contributed by atoms with van der Waals surface area (Å²) in [5.74, 6) is -0.341. The highest BCUT2D eigenvalue weighted by Gasteiger charge is 2.24. The molecule has 1 aliphatic rings. The fraction of sp³-hybridized carbons (Fsp3) is 0.500. The summed E-state index contributed by atoms with van der Waals surface area (Å²) in [6.45, 7) is 3.63. The predicted octanol–water partition coefficient (Wildman–Crippen LogP) is 0.333. The number of carbonyl (C=O) groups excluding carboxylic acids is 2. The van der Waals surface area contributed by atoms with E-state index in [0.29, 0.717) is 5.71 Å². The first-order chi connectivity index (χ1) is 4.61. The third kappa shape index (κ3) is 1.05. The molecule has 4 nitrogen and oxygen atoms in total. The van der Waals surface area contributed by atoms with Crippen molar-refractivity contribution in [3.05, 3.63) is 0 Å². The number of carbonyl (C=O) groups is 2. The maximum Gasteiger partial charge on any atom is 0.348 e. The molecule has 1 N–H and O–H groups in total. The fourth-order valence-electron chi connectivity index (χ4n) is 0.741. The van der Waals surface area contributed by atoms with Gasteiger partial charge in [0, 0.05) is 5.92 Å². The Morgan fingerprint density at radius 2 is 2.00 bits per heavy atom. The van der Waals surface area contributed by atoms with Crippen molar-refractivity contribution in [2.45, 2.75) is 13.8 Å². The molecule has 0 saturated carbocycles. The van der Waals surface area contributed by atoms with E-state index >= 15 is 0 Å². The molecule has 54 valence electrons. The summed E-state index contributed by atoms with van der Waals surface area (Å²) in [6, 6.07) is -0.547. The first-order valence-electron chi connectivity index (χ1n) is 3.05. The zero-order valence-corrected chi connectivity index (χ0v) is 5.84. The molecular weight excluding hydrogens is 132 g/mol. The number of aliphatic imine (C=N–C) groups is 1. The molecule has 0 unspecified atom stereocenters. The Balaban J connectivity index is 2.85. The van der Waals surface area contributed by atoms with Crippen molar-refractivity contribution in [3.63, 3.8) is 0 Å². The number of hydrogen-bond acceptors (Lipinski definition) is 2. The van der Waals surface area contributed by atoms with Crippen LogP contribution in [0.3, 0.4) is 0 Å². The van der Waals surface area contributed by atoms with Crippen molar-refractivity contribution in [1.29, 1.82) is 0 Å². The maximum absolute atomic E-state index is 10.8. The fourth-order valence-corrected chi connectivity index (χ4v) is 0.741. The van der Waals surface area contributed by atoms with Gasteiger partial charge in [0.15, 0.2) is 0 Å². The molecule has 0 fully saturated rings. The lowest BCUT2D eigenvalue weighted by molar-refractivity contribution is -0.113. The largest absolute Gasteiger partial charge is 0.348 e. The molecular formula is C6H8N2O2. The van der Waals surface area contributed by atoms with Gasteiger partial charge in [-0.1, -0.05) is 13.8 Å². The molecule has 1 aliphatic heterocycles. The Morgan fingerprint density at radius 1 is 1.40 bits per heavy atom. The summed E-state index contributed by atoms with van der Waals surface area (Å²) >= 11 is 0. The molecule has 1 heterocycles. The van der Waals surface area contributed by atoms with Gasteiger partial charge in [0.1, 0.15) is 5.71 Å². The number of nitrogens with zero attached hydrogens (tertiary/aromatic N) is 1. The van der Waals surface area contributed by atoms with Crippen LogP contribution < -0.4 is 5.32 Å². The van der Waals surface area contributed by atoms with Crippen molar-refractivity contribution >= 4 is 17.6 Å². The second-order valence-corrected chi connectivity index (χ2v) is 2.41. The van der Waals surface area contributed by atoms with Crippen LogP contribution in [0.25, 0.3) is 0 Å². The first kappa shape index (κ1) is 6.92. The summed E-state index contributed by atoms with van der Waals surface area (Å²) < 4.78 is 0. The zero-order valence-electron chi connectivity index (χ0n) is 5.84. The summed E-state index contributed by atoms with van der Waals surface area (Å²) in [7, 11) is 0. The Labute approximate surface area is 58.3 Å². The van der Waals surface area contributed by atoms with Gasteiger partial charge in [-0.15, -0.1) is 0 Å². The van der Waals surface area contributed by atoms with E-state index in [1.807, 2.05) is 13.8 Å². The van der Waals surface area contributed by atoms with Gasteiger partial charge in [-0.3, -0.25) is 10.1 Å². The number of hydrogen-bond donors (Lipinski definition) is 1. The van der Waals surface area contributed by atoms with E-state index in [1.165, 1.54) is 0 Å². The minimum atomic E-state index is -0.547. The monoisotopic (exact) mass is 140 g/mol. The molecule has 0 aromatic rings. The van der Waals surface area contributed by atoms with Crippen molar-refractivity contribution < 1.29 is 9.59 Å². The topological polar surface area (TPSA) is 58.5 Å². The van der Waals surface area contributed by atoms with Crippen LogP contribution in [0.2, 0.25) is 0 Å². The van der Waals surface area contributed by atoms with E-state index in [9.17, 15) is 9.59 Å². The van der Waals surface area contributed by atoms with E-state index in [0.717, 1.165) is 0 Å². The number of amides is 3. The van der Waals surface area contributed by atoms with Crippen LogP contribution in [0.4, 0.5) is 4.79 Å². The number of imide groups is 1. The van der Waals surface area contributed by atoms with Gasteiger partial charge in [0.25, 0.3) is 5.91 Å². The lowest BCUT2D eigenvalue weighted by Gasteiger charge is -1.97. The Morgan fingerprint density at radius 3 is 2.20 bits per heavy atom. The van der Waals surface area contributed by atoms with E-state index < -0.39 is 6.03 Å². The normalized spacial score (nSPS) is 17.7. The van der Waals surface area contributed by atoms with Crippen LogP contribution in [0.5, 0.6) is 0 Å². The van der Waals surface area contributed by atoms with Gasteiger partial charge < -0.3 is 0 Å². The lowest BCUT2D eigenvalue weighted by Crippen LogP contribution is -2.27. The second-order valence-electron chi connectivity index (χ2n) is 2.41. The zero-order chi connectivity index (χ0) is 7.72. The third-order valence-electron chi connectivity index (χ3n) is 1.22. The average Bonchev–Trinajstić information content (AvgIpc) is 2.10. The van der Waals surface area contributed by atoms with Crippen LogP contribution >= 0.6 is 0 Å². The third-order valence-corrected chi connectivity index (χ3v) is 1.22. The molecule has 0 radical (unpaired) electrons. The van der Waals surface area contributed by atoms with Crippen LogP contribution in [-0.2, 0) is 4.79 Å². The second kappa shape index (κ2) is 2.21. The number of urea groups is 1. The Bertz CT molecular complexity index is 218. The Kier molecular flexibility index (Phi) is 1.53. The highest BCUT2D eigenvalue weighted by atomic mass is 16.2. The van der Waals surface area contributed by atoms with Crippen LogP contribution in [0, 0.1) is 5.92 Å². The lowest BCUT2D eigenvalue weighted by atomic mass is 10.1. The van der Waals surface area contributed by atoms with Gasteiger partial charge in [-0.2, -0.15) is 4.99 Å². The molecule has 10 heavy (non-hydrogen) atoms. The Hall–Kier alpha value is -1.19. The van der Waals surface area contributed by atoms with Crippen molar-refractivity contribution in [2.75, 3.05) is 0 Å². The van der Waals surface area contributed by atoms with E-state index in [4.69, 9.17) is 0 Å². The number of rotatable bonds is 1. The average molecular weight is 140 g/mol. The van der Waals surface area contributed by atoms with Crippen LogP contribution in [0.15, 0.2) is 4.99 Å². The van der Waals surface area contributed by atoms with Crippen molar-refractivity contribution in [1.82, 2.24) is 5.32 Å². The predicted molar refractivity (Wildman–Crippen MR) is 35.8 cm³/mol. The molecule has 4 heteroatoms. The summed E-state index contributed by atoms with van der Waals surface area (Å²) in [6.07, 6.45) is 0. The first-order valence-corrected chi connectivity index (χ1v) is 3.05. The smallest absolute Gasteiger partial charge is 0.271 e. The molecule has 0 aromatic heterocycles. The van der Waals surface area contributed by atoms with Crippen LogP contribution in [-0.4, -0.2) is 17.6 Å². The summed E-state index contributed by atoms with van der Waals surface area (Å²) in [5.41, 5.74) is 0.324. The van der Waals surface area contributed by atoms with Crippen molar-refractivity contribution in [2.24, 2.45) is 10.9 Å². The summed E-state index contributed by atoms with van der Waals surface area (Å²) in [5, 5.41) is 2.07. The molecule has 0 aromatic carbocycles. The minimum absolute atomic E-state index is 0.0199. The highest BCUT2D eigenvalue weighted by molar-refractivity contribution is 6.46. The summed E-state index contributed by atoms with van der Waals surface area (Å²) in [4.78, 5) is 24.7. The maximum atomic E-state index is 10.8. The standard InChI is InChI=1S/C6H8N2O2/c1-3(2)4-5(9)8-6(10)7-4/h3H,1-2H3,(H,8,9,10). The molecule has 1 rings (SSSR count). The van der Waals surface area contributed by atoms with E-state index in [1.54, 1.807) is 0 Å². The molecule has 0 bridgehead atoms. The molecule has 0 saturated heterocycles. The number of nitrogens with one attached hydrogen (secondary N) is 1.